The van der Waals surface area contributed by atoms with Crippen molar-refractivity contribution in [1.82, 2.24) is 0 Å². The van der Waals surface area contributed by atoms with Crippen LogP contribution in [0.5, 0.6) is 0 Å². The van der Waals surface area contributed by atoms with Crippen molar-refractivity contribution in [2.45, 2.75) is 46.6 Å². The summed E-state index contributed by atoms with van der Waals surface area (Å²) in [6.07, 6.45) is 3.87. The van der Waals surface area contributed by atoms with Gasteiger partial charge in [0.15, 0.2) is 0 Å². The van der Waals surface area contributed by atoms with Crippen molar-refractivity contribution < 1.29 is 9.22 Å². The Balaban J connectivity index is 2.37. The molecule has 1 aromatic rings. The number of quaternary nitrogens is 1. The van der Waals surface area contributed by atoms with Crippen LogP contribution in [0.2, 0.25) is 0 Å². The minimum absolute atomic E-state index is 0.741. The Hall–Kier alpha value is -0.860. The summed E-state index contributed by atoms with van der Waals surface area (Å²) in [4.78, 5) is 0. The Morgan fingerprint density at radius 1 is 0.900 bits per heavy atom. The van der Waals surface area contributed by atoms with Gasteiger partial charge in [-0.3, -0.25) is 0 Å². The lowest BCUT2D eigenvalue weighted by Gasteiger charge is -2.37. The van der Waals surface area contributed by atoms with Gasteiger partial charge in [0.2, 0.25) is 0 Å². The summed E-state index contributed by atoms with van der Waals surface area (Å²) in [6.45, 7) is 13.5. The molecule has 0 N–H and O–H groups in total. The van der Waals surface area contributed by atoms with E-state index in [0.29, 0.717) is 0 Å². The maximum atomic E-state index is 5.89. The predicted molar refractivity (Wildman–Crippen MR) is 86.7 cm³/mol. The predicted octanol–water partition coefficient (Wildman–Crippen LogP) is 4.25. The third kappa shape index (κ3) is 6.06. The van der Waals surface area contributed by atoms with Gasteiger partial charge in [0.1, 0.15) is 6.54 Å². The molecule has 1 rings (SSSR count). The Bertz CT molecular complexity index is 339. The zero-order valence-electron chi connectivity index (χ0n) is 13.6. The van der Waals surface area contributed by atoms with Gasteiger partial charge in [-0.05, 0) is 25.3 Å². The summed E-state index contributed by atoms with van der Waals surface area (Å²) in [7, 11) is 0. The number of likely N-dealkylation sites (N-methyl/N-ethyl adjacent to an activating group) is 1. The van der Waals surface area contributed by atoms with Crippen molar-refractivity contribution in [2.24, 2.45) is 0 Å². The second kappa shape index (κ2) is 9.95. The summed E-state index contributed by atoms with van der Waals surface area (Å²) in [5, 5.41) is 0. The largest absolute Gasteiger partial charge is 0.371 e. The summed E-state index contributed by atoms with van der Waals surface area (Å²) < 4.78 is 7.11. The number of benzene rings is 1. The van der Waals surface area contributed by atoms with Crippen LogP contribution in [0.3, 0.4) is 0 Å². The van der Waals surface area contributed by atoms with E-state index in [0.717, 1.165) is 19.8 Å². The van der Waals surface area contributed by atoms with Gasteiger partial charge in [-0.2, -0.15) is 0 Å². The van der Waals surface area contributed by atoms with Crippen LogP contribution < -0.4 is 0 Å². The number of nitrogens with zero attached hydrogens (tertiary/aromatic N) is 1. The molecule has 0 aromatic heterocycles. The SMILES string of the molecule is CCCC[N+](CC)(CCC)CCOCc1ccccc1. The molecule has 0 radical (unpaired) electrons. The molecule has 2 heteroatoms. The Kier molecular flexibility index (Phi) is 8.56. The molecule has 0 bridgehead atoms. The fraction of sp³-hybridized carbons (Fsp3) is 0.667. The van der Waals surface area contributed by atoms with E-state index >= 15 is 0 Å². The van der Waals surface area contributed by atoms with Crippen molar-refractivity contribution >= 4 is 0 Å². The number of rotatable bonds is 11. The van der Waals surface area contributed by atoms with Crippen molar-refractivity contribution in [2.75, 3.05) is 32.8 Å². The molecular weight excluding hydrogens is 246 g/mol. The molecule has 0 saturated carbocycles. The Labute approximate surface area is 125 Å². The minimum Gasteiger partial charge on any atom is -0.371 e. The van der Waals surface area contributed by atoms with E-state index < -0.39 is 0 Å². The second-order valence-corrected chi connectivity index (χ2v) is 5.72. The highest BCUT2D eigenvalue weighted by Crippen LogP contribution is 2.11. The van der Waals surface area contributed by atoms with Crippen LogP contribution >= 0.6 is 0 Å². The van der Waals surface area contributed by atoms with E-state index in [1.807, 2.05) is 0 Å². The Morgan fingerprint density at radius 2 is 1.65 bits per heavy atom. The molecule has 1 atom stereocenters. The van der Waals surface area contributed by atoms with E-state index in [1.54, 1.807) is 0 Å². The average Bonchev–Trinajstić information content (AvgIpc) is 2.50. The number of hydrogen-bond acceptors (Lipinski definition) is 1. The van der Waals surface area contributed by atoms with E-state index in [4.69, 9.17) is 4.74 Å². The lowest BCUT2D eigenvalue weighted by atomic mass is 10.2. The maximum Gasteiger partial charge on any atom is 0.102 e. The monoisotopic (exact) mass is 278 g/mol. The first kappa shape index (κ1) is 17.2. The summed E-state index contributed by atoms with van der Waals surface area (Å²) >= 11 is 0. The minimum atomic E-state index is 0.741. The molecule has 0 aliphatic carbocycles. The van der Waals surface area contributed by atoms with Gasteiger partial charge in [-0.25, -0.2) is 0 Å². The Morgan fingerprint density at radius 3 is 2.25 bits per heavy atom. The molecule has 20 heavy (non-hydrogen) atoms. The standard InChI is InChI=1S/C18H32NO/c1-4-7-14-19(6-3,13-5-2)15-16-20-17-18-11-9-8-10-12-18/h8-12H,4-7,13-17H2,1-3H3/q+1. The van der Waals surface area contributed by atoms with Gasteiger partial charge in [0.05, 0.1) is 32.8 Å². The van der Waals surface area contributed by atoms with E-state index in [1.165, 1.54) is 48.9 Å². The fourth-order valence-electron chi connectivity index (χ4n) is 2.80. The van der Waals surface area contributed by atoms with Gasteiger partial charge in [0, 0.05) is 0 Å². The highest BCUT2D eigenvalue weighted by atomic mass is 16.5. The second-order valence-electron chi connectivity index (χ2n) is 5.72. The summed E-state index contributed by atoms with van der Waals surface area (Å²) in [5.41, 5.74) is 1.27. The first-order valence-electron chi connectivity index (χ1n) is 8.23. The van der Waals surface area contributed by atoms with Crippen molar-refractivity contribution in [3.8, 4) is 0 Å². The molecule has 1 aromatic carbocycles. The van der Waals surface area contributed by atoms with Gasteiger partial charge < -0.3 is 9.22 Å². The number of hydrogen-bond donors (Lipinski definition) is 0. The van der Waals surface area contributed by atoms with Crippen molar-refractivity contribution in [1.29, 1.82) is 0 Å². The topological polar surface area (TPSA) is 9.23 Å². The average molecular weight is 278 g/mol. The molecule has 0 saturated heterocycles. The van der Waals surface area contributed by atoms with Gasteiger partial charge in [0.25, 0.3) is 0 Å². The van der Waals surface area contributed by atoms with Gasteiger partial charge in [-0.1, -0.05) is 50.6 Å². The molecule has 0 amide bonds. The summed E-state index contributed by atoms with van der Waals surface area (Å²) in [6, 6.07) is 10.5. The molecule has 0 aliphatic rings. The number of unbranched alkanes of at least 4 members (excludes halogenated alkanes) is 1. The molecule has 0 aliphatic heterocycles. The fourth-order valence-corrected chi connectivity index (χ4v) is 2.80. The van der Waals surface area contributed by atoms with Crippen LogP contribution in [-0.2, 0) is 11.3 Å². The molecule has 1 unspecified atom stereocenters. The molecule has 0 spiro atoms. The molecular formula is C18H32NO+. The zero-order chi connectivity index (χ0) is 14.7. The van der Waals surface area contributed by atoms with Crippen LogP contribution in [-0.4, -0.2) is 37.3 Å². The highest BCUT2D eigenvalue weighted by Gasteiger charge is 2.23. The smallest absolute Gasteiger partial charge is 0.102 e. The third-order valence-corrected chi connectivity index (χ3v) is 4.18. The zero-order valence-corrected chi connectivity index (χ0v) is 13.6. The first-order valence-corrected chi connectivity index (χ1v) is 8.23. The van der Waals surface area contributed by atoms with Crippen LogP contribution in [0.25, 0.3) is 0 Å². The van der Waals surface area contributed by atoms with Crippen molar-refractivity contribution in [3.63, 3.8) is 0 Å². The van der Waals surface area contributed by atoms with Gasteiger partial charge >= 0.3 is 0 Å². The van der Waals surface area contributed by atoms with Gasteiger partial charge in [-0.15, -0.1) is 0 Å². The lowest BCUT2D eigenvalue weighted by Crippen LogP contribution is -2.51. The first-order chi connectivity index (χ1) is 9.76. The number of ether oxygens (including phenoxy) is 1. The molecule has 114 valence electrons. The van der Waals surface area contributed by atoms with Crippen LogP contribution in [0.15, 0.2) is 30.3 Å². The molecule has 0 fully saturated rings. The third-order valence-electron chi connectivity index (χ3n) is 4.18. The van der Waals surface area contributed by atoms with E-state index in [9.17, 15) is 0 Å². The van der Waals surface area contributed by atoms with E-state index in [-0.39, 0.29) is 0 Å². The lowest BCUT2D eigenvalue weighted by molar-refractivity contribution is -0.927. The molecule has 2 nitrogen and oxygen atoms in total. The van der Waals surface area contributed by atoms with Crippen LogP contribution in [0.4, 0.5) is 0 Å². The van der Waals surface area contributed by atoms with Crippen molar-refractivity contribution in [3.05, 3.63) is 35.9 Å². The summed E-state index contributed by atoms with van der Waals surface area (Å²) in [5.74, 6) is 0. The normalized spacial score (nSPS) is 14.2. The maximum absolute atomic E-state index is 5.89. The van der Waals surface area contributed by atoms with Crippen LogP contribution in [0.1, 0.15) is 45.6 Å². The van der Waals surface area contributed by atoms with Crippen LogP contribution in [0, 0.1) is 0 Å². The quantitative estimate of drug-likeness (QED) is 0.434. The van der Waals surface area contributed by atoms with E-state index in [2.05, 4.69) is 51.1 Å². The highest BCUT2D eigenvalue weighted by molar-refractivity contribution is 5.13. The molecule has 0 heterocycles.